The molecule has 22 heavy (non-hydrogen) atoms. The van der Waals surface area contributed by atoms with Gasteiger partial charge in [-0.3, -0.25) is 9.89 Å². The normalized spacial score (nSPS) is 10.6. The number of carbonyl (C=O) groups is 1. The molecule has 3 rings (SSSR count). The predicted octanol–water partition coefficient (Wildman–Crippen LogP) is 3.06. The number of rotatable bonds is 4. The molecule has 0 aliphatic carbocycles. The molecular formula is C17H17N3O2. The number of fused-ring (bicyclic) bond motifs is 1. The van der Waals surface area contributed by atoms with Crippen molar-refractivity contribution in [1.82, 2.24) is 10.2 Å². The number of nitrogens with zero attached hydrogens (tertiary/aromatic N) is 1. The third kappa shape index (κ3) is 2.93. The number of benzene rings is 2. The van der Waals surface area contributed by atoms with Crippen LogP contribution in [0.2, 0.25) is 0 Å². The molecule has 0 radical (unpaired) electrons. The van der Waals surface area contributed by atoms with Gasteiger partial charge in [-0.25, -0.2) is 0 Å². The number of aromatic amines is 1. The first kappa shape index (κ1) is 14.1. The maximum atomic E-state index is 12.2. The molecule has 0 spiro atoms. The smallest absolute Gasteiger partial charge is 0.228 e. The maximum Gasteiger partial charge on any atom is 0.228 e. The van der Waals surface area contributed by atoms with Crippen molar-refractivity contribution in [2.24, 2.45) is 0 Å². The van der Waals surface area contributed by atoms with Crippen LogP contribution >= 0.6 is 0 Å². The van der Waals surface area contributed by atoms with E-state index in [1.165, 1.54) is 0 Å². The van der Waals surface area contributed by atoms with Gasteiger partial charge in [-0.2, -0.15) is 5.10 Å². The van der Waals surface area contributed by atoms with Gasteiger partial charge >= 0.3 is 0 Å². The minimum atomic E-state index is -0.0808. The van der Waals surface area contributed by atoms with Crippen LogP contribution in [-0.4, -0.2) is 23.2 Å². The lowest BCUT2D eigenvalue weighted by molar-refractivity contribution is -0.115. The highest BCUT2D eigenvalue weighted by molar-refractivity contribution is 5.94. The van der Waals surface area contributed by atoms with Crippen LogP contribution in [0.3, 0.4) is 0 Å². The number of carbonyl (C=O) groups excluding carboxylic acids is 1. The summed E-state index contributed by atoms with van der Waals surface area (Å²) >= 11 is 0. The van der Waals surface area contributed by atoms with E-state index in [4.69, 9.17) is 4.74 Å². The second kappa shape index (κ2) is 5.89. The molecule has 0 saturated heterocycles. The molecule has 112 valence electrons. The standard InChI is InChI=1S/C17H17N3O2/c1-11-3-6-16(22-2)13(7-11)8-17(21)19-14-5-4-12-10-18-20-15(12)9-14/h3-7,9-10H,8H2,1-2H3,(H,18,20)(H,19,21). The minimum absolute atomic E-state index is 0.0808. The largest absolute Gasteiger partial charge is 0.496 e. The Morgan fingerprint density at radius 2 is 2.14 bits per heavy atom. The van der Waals surface area contributed by atoms with E-state index in [-0.39, 0.29) is 12.3 Å². The molecule has 0 aliphatic rings. The summed E-state index contributed by atoms with van der Waals surface area (Å²) in [6.45, 7) is 1.99. The van der Waals surface area contributed by atoms with Crippen LogP contribution in [0.25, 0.3) is 10.9 Å². The lowest BCUT2D eigenvalue weighted by Gasteiger charge is -2.10. The van der Waals surface area contributed by atoms with Gasteiger partial charge in [0.1, 0.15) is 5.75 Å². The Bertz CT molecular complexity index is 824. The summed E-state index contributed by atoms with van der Waals surface area (Å²) in [6.07, 6.45) is 2.02. The van der Waals surface area contributed by atoms with Crippen molar-refractivity contribution in [3.8, 4) is 5.75 Å². The Hall–Kier alpha value is -2.82. The molecule has 0 atom stereocenters. The molecular weight excluding hydrogens is 278 g/mol. The summed E-state index contributed by atoms with van der Waals surface area (Å²) in [5.74, 6) is 0.646. The monoisotopic (exact) mass is 295 g/mol. The average Bonchev–Trinajstić information content (AvgIpc) is 2.95. The summed E-state index contributed by atoms with van der Waals surface area (Å²) in [5, 5.41) is 10.8. The number of hydrogen-bond acceptors (Lipinski definition) is 3. The van der Waals surface area contributed by atoms with Crippen molar-refractivity contribution in [3.05, 3.63) is 53.7 Å². The molecule has 0 unspecified atom stereocenters. The molecule has 1 amide bonds. The molecule has 0 bridgehead atoms. The highest BCUT2D eigenvalue weighted by Gasteiger charge is 2.10. The Balaban J connectivity index is 1.76. The Morgan fingerprint density at radius 3 is 2.95 bits per heavy atom. The van der Waals surface area contributed by atoms with E-state index in [9.17, 15) is 4.79 Å². The topological polar surface area (TPSA) is 67.0 Å². The van der Waals surface area contributed by atoms with Gasteiger partial charge < -0.3 is 10.1 Å². The number of nitrogens with one attached hydrogen (secondary N) is 2. The summed E-state index contributed by atoms with van der Waals surface area (Å²) in [7, 11) is 1.61. The molecule has 1 heterocycles. The minimum Gasteiger partial charge on any atom is -0.496 e. The first-order chi connectivity index (χ1) is 10.7. The quantitative estimate of drug-likeness (QED) is 0.777. The number of anilines is 1. The van der Waals surface area contributed by atoms with Crippen molar-refractivity contribution in [2.45, 2.75) is 13.3 Å². The predicted molar refractivity (Wildman–Crippen MR) is 86.2 cm³/mol. The van der Waals surface area contributed by atoms with Crippen LogP contribution in [-0.2, 0) is 11.2 Å². The second-order valence-electron chi connectivity index (χ2n) is 5.21. The Kier molecular flexibility index (Phi) is 3.78. The van der Waals surface area contributed by atoms with Crippen LogP contribution < -0.4 is 10.1 Å². The molecule has 0 aliphatic heterocycles. The average molecular weight is 295 g/mol. The number of hydrogen-bond donors (Lipinski definition) is 2. The highest BCUT2D eigenvalue weighted by Crippen LogP contribution is 2.21. The molecule has 0 saturated carbocycles. The van der Waals surface area contributed by atoms with E-state index < -0.39 is 0 Å². The van der Waals surface area contributed by atoms with Crippen LogP contribution in [0.1, 0.15) is 11.1 Å². The number of aryl methyl sites for hydroxylation is 1. The van der Waals surface area contributed by atoms with Gasteiger partial charge in [0, 0.05) is 16.6 Å². The third-order valence-corrected chi connectivity index (χ3v) is 3.51. The molecule has 2 N–H and O–H groups in total. The number of ether oxygens (including phenoxy) is 1. The zero-order valence-electron chi connectivity index (χ0n) is 12.5. The van der Waals surface area contributed by atoms with Gasteiger partial charge in [-0.05, 0) is 31.2 Å². The van der Waals surface area contributed by atoms with Crippen LogP contribution in [0, 0.1) is 6.92 Å². The molecule has 5 heteroatoms. The fourth-order valence-corrected chi connectivity index (χ4v) is 2.44. The maximum absolute atomic E-state index is 12.2. The first-order valence-electron chi connectivity index (χ1n) is 7.02. The van der Waals surface area contributed by atoms with Gasteiger partial charge in [-0.1, -0.05) is 17.7 Å². The van der Waals surface area contributed by atoms with Gasteiger partial charge in [0.2, 0.25) is 5.91 Å². The fourth-order valence-electron chi connectivity index (χ4n) is 2.44. The van der Waals surface area contributed by atoms with Crippen LogP contribution in [0.5, 0.6) is 5.75 Å². The SMILES string of the molecule is COc1ccc(C)cc1CC(=O)Nc1ccc2cn[nH]c2c1. The van der Waals surface area contributed by atoms with Crippen molar-refractivity contribution in [3.63, 3.8) is 0 Å². The van der Waals surface area contributed by atoms with E-state index in [0.717, 1.165) is 33.5 Å². The number of aromatic nitrogens is 2. The summed E-state index contributed by atoms with van der Waals surface area (Å²) in [5.41, 5.74) is 3.62. The van der Waals surface area contributed by atoms with E-state index in [1.807, 2.05) is 43.3 Å². The summed E-state index contributed by atoms with van der Waals surface area (Å²) in [6, 6.07) is 11.5. The van der Waals surface area contributed by atoms with Crippen LogP contribution in [0.4, 0.5) is 5.69 Å². The van der Waals surface area contributed by atoms with Crippen molar-refractivity contribution in [2.75, 3.05) is 12.4 Å². The molecule has 1 aromatic heterocycles. The summed E-state index contributed by atoms with van der Waals surface area (Å²) in [4.78, 5) is 12.2. The fraction of sp³-hybridized carbons (Fsp3) is 0.176. The van der Waals surface area contributed by atoms with Gasteiger partial charge in [0.05, 0.1) is 25.2 Å². The van der Waals surface area contributed by atoms with Gasteiger partial charge in [0.15, 0.2) is 0 Å². The second-order valence-corrected chi connectivity index (χ2v) is 5.21. The molecule has 0 fully saturated rings. The van der Waals surface area contributed by atoms with E-state index in [2.05, 4.69) is 15.5 Å². The Morgan fingerprint density at radius 1 is 1.27 bits per heavy atom. The lowest BCUT2D eigenvalue weighted by Crippen LogP contribution is -2.15. The van der Waals surface area contributed by atoms with E-state index in [1.54, 1.807) is 13.3 Å². The Labute approximate surface area is 128 Å². The zero-order chi connectivity index (χ0) is 15.5. The van der Waals surface area contributed by atoms with E-state index >= 15 is 0 Å². The zero-order valence-corrected chi connectivity index (χ0v) is 12.5. The molecule has 5 nitrogen and oxygen atoms in total. The van der Waals surface area contributed by atoms with Crippen LogP contribution in [0.15, 0.2) is 42.6 Å². The number of H-pyrrole nitrogens is 1. The van der Waals surface area contributed by atoms with Crippen molar-refractivity contribution >= 4 is 22.5 Å². The number of methoxy groups -OCH3 is 1. The molecule has 3 aromatic rings. The van der Waals surface area contributed by atoms with Crippen molar-refractivity contribution < 1.29 is 9.53 Å². The summed E-state index contributed by atoms with van der Waals surface area (Å²) < 4.78 is 5.31. The van der Waals surface area contributed by atoms with Gasteiger partial charge in [-0.15, -0.1) is 0 Å². The van der Waals surface area contributed by atoms with Crippen molar-refractivity contribution in [1.29, 1.82) is 0 Å². The third-order valence-electron chi connectivity index (χ3n) is 3.51. The number of amides is 1. The lowest BCUT2D eigenvalue weighted by atomic mass is 10.1. The van der Waals surface area contributed by atoms with Gasteiger partial charge in [0.25, 0.3) is 0 Å². The highest BCUT2D eigenvalue weighted by atomic mass is 16.5. The first-order valence-corrected chi connectivity index (χ1v) is 7.02. The van der Waals surface area contributed by atoms with E-state index in [0.29, 0.717) is 0 Å². The molecule has 2 aromatic carbocycles.